The Morgan fingerprint density at radius 2 is 1.90 bits per heavy atom. The average Bonchev–Trinajstić information content (AvgIpc) is 2.38. The van der Waals surface area contributed by atoms with E-state index in [0.717, 1.165) is 11.3 Å². The molecule has 2 rings (SSSR count). The van der Waals surface area contributed by atoms with Gasteiger partial charge >= 0.3 is 0 Å². The molecule has 0 saturated heterocycles. The summed E-state index contributed by atoms with van der Waals surface area (Å²) in [6.45, 7) is 3.71. The Morgan fingerprint density at radius 3 is 2.55 bits per heavy atom. The lowest BCUT2D eigenvalue weighted by Crippen LogP contribution is -2.09. The highest BCUT2D eigenvalue weighted by molar-refractivity contribution is 6.36. The highest BCUT2D eigenvalue weighted by atomic mass is 35.5. The van der Waals surface area contributed by atoms with Crippen molar-refractivity contribution in [2.75, 3.05) is 5.32 Å². The van der Waals surface area contributed by atoms with E-state index >= 15 is 0 Å². The summed E-state index contributed by atoms with van der Waals surface area (Å²) in [6, 6.07) is 7.43. The van der Waals surface area contributed by atoms with Crippen molar-refractivity contribution >= 4 is 28.9 Å². The number of hydrogen-bond acceptors (Lipinski definition) is 2. The quantitative estimate of drug-likeness (QED) is 0.593. The molecule has 0 aromatic heterocycles. The Kier molecular flexibility index (Phi) is 4.41. The van der Waals surface area contributed by atoms with Crippen LogP contribution in [0.3, 0.4) is 0 Å². The van der Waals surface area contributed by atoms with Gasteiger partial charge in [-0.1, -0.05) is 23.2 Å². The summed E-state index contributed by atoms with van der Waals surface area (Å²) in [5.41, 5.74) is 2.22. The van der Waals surface area contributed by atoms with Gasteiger partial charge in [-0.05, 0) is 49.7 Å². The third-order valence-corrected chi connectivity index (χ3v) is 3.81. The highest BCUT2D eigenvalue weighted by Crippen LogP contribution is 2.34. The summed E-state index contributed by atoms with van der Waals surface area (Å²) in [6.07, 6.45) is 0. The summed E-state index contributed by atoms with van der Waals surface area (Å²) >= 11 is 12.1. The Hall–Kier alpha value is -1.45. The molecule has 0 aliphatic heterocycles. The molecule has 2 aromatic carbocycles. The van der Waals surface area contributed by atoms with Crippen LogP contribution in [0.2, 0.25) is 10.0 Å². The van der Waals surface area contributed by atoms with E-state index in [1.807, 2.05) is 13.8 Å². The molecule has 0 fully saturated rings. The Labute approximate surface area is 127 Å². The number of hydrogen-bond donors (Lipinski definition) is 2. The Morgan fingerprint density at radius 1 is 1.20 bits per heavy atom. The van der Waals surface area contributed by atoms with Crippen molar-refractivity contribution in [1.29, 1.82) is 0 Å². The predicted molar refractivity (Wildman–Crippen MR) is 81.3 cm³/mol. The molecule has 1 atom stereocenters. The van der Waals surface area contributed by atoms with Gasteiger partial charge in [-0.15, -0.1) is 0 Å². The second-order valence-electron chi connectivity index (χ2n) is 4.62. The number of benzene rings is 2. The third kappa shape index (κ3) is 3.00. The maximum atomic E-state index is 13.5. The summed E-state index contributed by atoms with van der Waals surface area (Å²) in [7, 11) is 0. The van der Waals surface area contributed by atoms with E-state index in [0.29, 0.717) is 10.6 Å². The van der Waals surface area contributed by atoms with E-state index in [1.165, 1.54) is 12.1 Å². The minimum Gasteiger partial charge on any atom is -0.508 e. The van der Waals surface area contributed by atoms with E-state index in [-0.39, 0.29) is 16.8 Å². The van der Waals surface area contributed by atoms with Crippen LogP contribution in [-0.4, -0.2) is 5.11 Å². The maximum absolute atomic E-state index is 13.5. The summed E-state index contributed by atoms with van der Waals surface area (Å²) in [4.78, 5) is 0. The minimum atomic E-state index is -0.498. The molecule has 0 bridgehead atoms. The molecule has 0 aliphatic carbocycles. The van der Waals surface area contributed by atoms with E-state index < -0.39 is 5.82 Å². The molecule has 0 aliphatic rings. The lowest BCUT2D eigenvalue weighted by Gasteiger charge is -2.20. The van der Waals surface area contributed by atoms with Gasteiger partial charge in [-0.25, -0.2) is 4.39 Å². The molecular formula is C15H14Cl2FNO. The first-order valence-electron chi connectivity index (χ1n) is 6.09. The fraction of sp³-hybridized carbons (Fsp3) is 0.200. The van der Waals surface area contributed by atoms with Crippen LogP contribution in [0.25, 0.3) is 0 Å². The summed E-state index contributed by atoms with van der Waals surface area (Å²) in [5.74, 6) is -0.301. The van der Waals surface area contributed by atoms with Crippen LogP contribution in [-0.2, 0) is 0 Å². The number of aryl methyl sites for hydroxylation is 1. The molecule has 5 heteroatoms. The van der Waals surface area contributed by atoms with Gasteiger partial charge in [0.1, 0.15) is 11.6 Å². The molecule has 0 heterocycles. The van der Waals surface area contributed by atoms with E-state index in [4.69, 9.17) is 23.2 Å². The highest BCUT2D eigenvalue weighted by Gasteiger charge is 2.17. The largest absolute Gasteiger partial charge is 0.508 e. The number of rotatable bonds is 3. The van der Waals surface area contributed by atoms with Crippen LogP contribution in [0, 0.1) is 12.7 Å². The van der Waals surface area contributed by atoms with Gasteiger partial charge in [0.2, 0.25) is 0 Å². The summed E-state index contributed by atoms with van der Waals surface area (Å²) < 4.78 is 13.5. The number of anilines is 1. The summed E-state index contributed by atoms with van der Waals surface area (Å²) in [5, 5.41) is 13.0. The van der Waals surface area contributed by atoms with Gasteiger partial charge in [-0.3, -0.25) is 0 Å². The first-order chi connectivity index (χ1) is 9.40. The van der Waals surface area contributed by atoms with Gasteiger partial charge in [0.15, 0.2) is 0 Å². The Bertz CT molecular complexity index is 646. The van der Waals surface area contributed by atoms with Crippen molar-refractivity contribution in [2.45, 2.75) is 19.9 Å². The first kappa shape index (κ1) is 14.9. The molecule has 0 amide bonds. The number of nitrogens with one attached hydrogen (secondary N) is 1. The van der Waals surface area contributed by atoms with Crippen molar-refractivity contribution in [3.8, 4) is 5.75 Å². The van der Waals surface area contributed by atoms with Crippen LogP contribution >= 0.6 is 23.2 Å². The molecule has 2 nitrogen and oxygen atoms in total. The van der Waals surface area contributed by atoms with Crippen molar-refractivity contribution in [1.82, 2.24) is 0 Å². The molecule has 106 valence electrons. The smallest absolute Gasteiger partial charge is 0.142 e. The predicted octanol–water partition coefficient (Wildman–Crippen LogP) is 5.32. The van der Waals surface area contributed by atoms with Gasteiger partial charge in [0.25, 0.3) is 0 Å². The standard InChI is InChI=1S/C15H14Cl2FNO/c1-8-7-10(20)3-6-13(8)19-9(2)14-11(16)4-5-12(18)15(14)17/h3-7,9,19-20H,1-2H3. The fourth-order valence-electron chi connectivity index (χ4n) is 2.05. The van der Waals surface area contributed by atoms with Crippen molar-refractivity contribution in [3.63, 3.8) is 0 Å². The molecule has 20 heavy (non-hydrogen) atoms. The lowest BCUT2D eigenvalue weighted by atomic mass is 10.1. The zero-order chi connectivity index (χ0) is 14.9. The minimum absolute atomic E-state index is 0.0222. The van der Waals surface area contributed by atoms with Crippen LogP contribution in [0.1, 0.15) is 24.1 Å². The second-order valence-corrected chi connectivity index (χ2v) is 5.41. The second kappa shape index (κ2) is 5.90. The molecule has 0 saturated carbocycles. The monoisotopic (exact) mass is 313 g/mol. The third-order valence-electron chi connectivity index (χ3n) is 3.09. The van der Waals surface area contributed by atoms with Crippen molar-refractivity contribution in [2.24, 2.45) is 0 Å². The fourth-order valence-corrected chi connectivity index (χ4v) is 2.75. The number of halogens is 3. The molecule has 2 aromatic rings. The van der Waals surface area contributed by atoms with Crippen molar-refractivity contribution < 1.29 is 9.50 Å². The average molecular weight is 314 g/mol. The van der Waals surface area contributed by atoms with Crippen LogP contribution in [0.15, 0.2) is 30.3 Å². The van der Waals surface area contributed by atoms with Crippen LogP contribution < -0.4 is 5.32 Å². The molecular weight excluding hydrogens is 300 g/mol. The number of phenolic OH excluding ortho intramolecular Hbond substituents is 1. The molecule has 2 N–H and O–H groups in total. The molecule has 0 spiro atoms. The SMILES string of the molecule is Cc1cc(O)ccc1NC(C)c1c(Cl)ccc(F)c1Cl. The first-order valence-corrected chi connectivity index (χ1v) is 6.85. The van der Waals surface area contributed by atoms with Gasteiger partial charge in [-0.2, -0.15) is 0 Å². The van der Waals surface area contributed by atoms with Crippen LogP contribution in [0.5, 0.6) is 5.75 Å². The molecule has 1 unspecified atom stereocenters. The van der Waals surface area contributed by atoms with Gasteiger partial charge in [0, 0.05) is 16.3 Å². The topological polar surface area (TPSA) is 32.3 Å². The van der Waals surface area contributed by atoms with E-state index in [9.17, 15) is 9.50 Å². The number of aromatic hydroxyl groups is 1. The van der Waals surface area contributed by atoms with E-state index in [1.54, 1.807) is 18.2 Å². The molecule has 0 radical (unpaired) electrons. The van der Waals surface area contributed by atoms with E-state index in [2.05, 4.69) is 5.32 Å². The van der Waals surface area contributed by atoms with Gasteiger partial charge < -0.3 is 10.4 Å². The Balaban J connectivity index is 2.33. The number of phenols is 1. The van der Waals surface area contributed by atoms with Crippen LogP contribution in [0.4, 0.5) is 10.1 Å². The maximum Gasteiger partial charge on any atom is 0.142 e. The zero-order valence-corrected chi connectivity index (χ0v) is 12.6. The van der Waals surface area contributed by atoms with Gasteiger partial charge in [0.05, 0.1) is 11.1 Å². The normalized spacial score (nSPS) is 12.2. The van der Waals surface area contributed by atoms with Crippen molar-refractivity contribution in [3.05, 3.63) is 57.3 Å². The lowest BCUT2D eigenvalue weighted by molar-refractivity contribution is 0.475. The zero-order valence-electron chi connectivity index (χ0n) is 11.0.